The van der Waals surface area contributed by atoms with Crippen molar-refractivity contribution < 1.29 is 8.42 Å². The largest absolute Gasteiger partial charge is 0.314 e. The molecule has 0 aromatic carbocycles. The third kappa shape index (κ3) is 5.50. The van der Waals surface area contributed by atoms with Crippen molar-refractivity contribution >= 4 is 10.0 Å². The molecule has 0 radical (unpaired) electrons. The van der Waals surface area contributed by atoms with Crippen LogP contribution in [0.5, 0.6) is 0 Å². The molecule has 0 aromatic rings. The molecule has 0 aliphatic carbocycles. The number of terminal acetylenes is 1. The third-order valence-corrected chi connectivity index (χ3v) is 4.16. The van der Waals surface area contributed by atoms with E-state index in [1.165, 1.54) is 12.8 Å². The maximum absolute atomic E-state index is 11.5. The first-order chi connectivity index (χ1) is 7.64. The van der Waals surface area contributed by atoms with Gasteiger partial charge in [-0.25, -0.2) is 13.1 Å². The summed E-state index contributed by atoms with van der Waals surface area (Å²) in [6.07, 6.45) is 9.66. The van der Waals surface area contributed by atoms with Crippen LogP contribution in [0.4, 0.5) is 0 Å². The second kappa shape index (κ2) is 6.89. The Morgan fingerprint density at radius 2 is 2.25 bits per heavy atom. The van der Waals surface area contributed by atoms with E-state index in [1.807, 2.05) is 0 Å². The maximum Gasteiger partial charge on any atom is 0.211 e. The van der Waals surface area contributed by atoms with E-state index in [9.17, 15) is 8.42 Å². The van der Waals surface area contributed by atoms with Crippen LogP contribution in [0.1, 0.15) is 32.1 Å². The Morgan fingerprint density at radius 3 is 2.88 bits per heavy atom. The summed E-state index contributed by atoms with van der Waals surface area (Å²) < 4.78 is 25.6. The van der Waals surface area contributed by atoms with Gasteiger partial charge in [-0.05, 0) is 25.8 Å². The fraction of sp³-hybridized carbons (Fsp3) is 0.818. The van der Waals surface area contributed by atoms with Crippen LogP contribution in [0.2, 0.25) is 0 Å². The zero-order valence-electron chi connectivity index (χ0n) is 9.54. The number of hydrogen-bond donors (Lipinski definition) is 2. The minimum Gasteiger partial charge on any atom is -0.314 e. The minimum absolute atomic E-state index is 0.190. The summed E-state index contributed by atoms with van der Waals surface area (Å²) >= 11 is 0. The van der Waals surface area contributed by atoms with Gasteiger partial charge in [0.1, 0.15) is 0 Å². The lowest BCUT2D eigenvalue weighted by atomic mass is 10.0. The molecule has 0 aromatic heterocycles. The highest BCUT2D eigenvalue weighted by Gasteiger charge is 2.16. The molecular weight excluding hydrogens is 224 g/mol. The van der Waals surface area contributed by atoms with E-state index in [4.69, 9.17) is 6.42 Å². The van der Waals surface area contributed by atoms with Gasteiger partial charge in [0.15, 0.2) is 0 Å². The fourth-order valence-electron chi connectivity index (χ4n) is 1.82. The molecule has 92 valence electrons. The molecule has 5 heteroatoms. The number of hydrogen-bond acceptors (Lipinski definition) is 3. The highest BCUT2D eigenvalue weighted by atomic mass is 32.2. The molecule has 1 unspecified atom stereocenters. The monoisotopic (exact) mass is 244 g/mol. The van der Waals surface area contributed by atoms with E-state index < -0.39 is 10.0 Å². The van der Waals surface area contributed by atoms with Crippen molar-refractivity contribution in [3.63, 3.8) is 0 Å². The van der Waals surface area contributed by atoms with Gasteiger partial charge in [-0.3, -0.25) is 0 Å². The van der Waals surface area contributed by atoms with E-state index in [-0.39, 0.29) is 5.75 Å². The first-order valence-electron chi connectivity index (χ1n) is 5.78. The molecule has 1 aliphatic rings. The van der Waals surface area contributed by atoms with E-state index >= 15 is 0 Å². The van der Waals surface area contributed by atoms with Gasteiger partial charge in [-0.1, -0.05) is 6.42 Å². The molecule has 0 bridgehead atoms. The predicted molar refractivity (Wildman–Crippen MR) is 65.5 cm³/mol. The first kappa shape index (κ1) is 13.5. The van der Waals surface area contributed by atoms with E-state index in [0.717, 1.165) is 13.0 Å². The van der Waals surface area contributed by atoms with Crippen molar-refractivity contribution in [2.75, 3.05) is 18.8 Å². The molecule has 1 aliphatic heterocycles. The average molecular weight is 244 g/mol. The molecule has 1 saturated heterocycles. The van der Waals surface area contributed by atoms with Gasteiger partial charge >= 0.3 is 0 Å². The van der Waals surface area contributed by atoms with Crippen molar-refractivity contribution in [1.29, 1.82) is 0 Å². The Kier molecular flexibility index (Phi) is 5.81. The van der Waals surface area contributed by atoms with Crippen LogP contribution < -0.4 is 10.0 Å². The number of sulfonamides is 1. The molecule has 4 nitrogen and oxygen atoms in total. The van der Waals surface area contributed by atoms with Crippen LogP contribution in [0, 0.1) is 12.3 Å². The highest BCUT2D eigenvalue weighted by Crippen LogP contribution is 2.10. The van der Waals surface area contributed by atoms with Crippen LogP contribution in [0.25, 0.3) is 0 Å². The molecule has 0 saturated carbocycles. The zero-order chi connectivity index (χ0) is 11.9. The van der Waals surface area contributed by atoms with Gasteiger partial charge in [-0.2, -0.15) is 0 Å². The predicted octanol–water partition coefficient (Wildman–Crippen LogP) is 0.461. The van der Waals surface area contributed by atoms with Crippen LogP contribution in [-0.2, 0) is 10.0 Å². The summed E-state index contributed by atoms with van der Waals surface area (Å²) in [7, 11) is -3.14. The van der Waals surface area contributed by atoms with Crippen molar-refractivity contribution in [1.82, 2.24) is 10.0 Å². The van der Waals surface area contributed by atoms with Gasteiger partial charge in [0.05, 0.1) is 5.75 Å². The SMILES string of the molecule is C#CCCNS(=O)(=O)CCC1CCCCN1. The molecule has 1 fully saturated rings. The smallest absolute Gasteiger partial charge is 0.211 e. The summed E-state index contributed by atoms with van der Waals surface area (Å²) in [6.45, 7) is 1.35. The van der Waals surface area contributed by atoms with Crippen LogP contribution in [-0.4, -0.2) is 33.3 Å². The van der Waals surface area contributed by atoms with Gasteiger partial charge in [0.2, 0.25) is 10.0 Å². The van der Waals surface area contributed by atoms with Crippen LogP contribution in [0.3, 0.4) is 0 Å². The molecule has 0 amide bonds. The van der Waals surface area contributed by atoms with E-state index in [1.54, 1.807) is 0 Å². The standard InChI is InChI=1S/C11H20N2O2S/c1-2-3-9-13-16(14,15)10-7-11-6-4-5-8-12-11/h1,11-13H,3-10H2. The molecule has 1 rings (SSSR count). The summed E-state index contributed by atoms with van der Waals surface area (Å²) in [4.78, 5) is 0. The topological polar surface area (TPSA) is 58.2 Å². The average Bonchev–Trinajstić information content (AvgIpc) is 2.28. The lowest BCUT2D eigenvalue weighted by molar-refractivity contribution is 0.392. The van der Waals surface area contributed by atoms with Gasteiger partial charge in [0.25, 0.3) is 0 Å². The molecule has 16 heavy (non-hydrogen) atoms. The molecular formula is C11H20N2O2S. The molecule has 1 atom stereocenters. The van der Waals surface area contributed by atoms with Gasteiger partial charge in [-0.15, -0.1) is 12.3 Å². The number of rotatable bonds is 6. The minimum atomic E-state index is -3.14. The Bertz CT molecular complexity index is 326. The Hall–Kier alpha value is -0.570. The molecule has 0 spiro atoms. The molecule has 2 N–H and O–H groups in total. The highest BCUT2D eigenvalue weighted by molar-refractivity contribution is 7.89. The summed E-state index contributed by atoms with van der Waals surface area (Å²) in [6, 6.07) is 0.359. The lowest BCUT2D eigenvalue weighted by Crippen LogP contribution is -2.37. The summed E-state index contributed by atoms with van der Waals surface area (Å²) in [5, 5.41) is 3.33. The van der Waals surface area contributed by atoms with Crippen molar-refractivity contribution in [3.8, 4) is 12.3 Å². The van der Waals surface area contributed by atoms with Crippen molar-refractivity contribution in [3.05, 3.63) is 0 Å². The Morgan fingerprint density at radius 1 is 1.44 bits per heavy atom. The Labute approximate surface area is 98.2 Å². The van der Waals surface area contributed by atoms with Crippen molar-refractivity contribution in [2.45, 2.75) is 38.1 Å². The van der Waals surface area contributed by atoms with Crippen LogP contribution in [0.15, 0.2) is 0 Å². The van der Waals surface area contributed by atoms with E-state index in [2.05, 4.69) is 16.0 Å². The zero-order valence-corrected chi connectivity index (χ0v) is 10.4. The first-order valence-corrected chi connectivity index (χ1v) is 7.43. The van der Waals surface area contributed by atoms with Gasteiger partial charge < -0.3 is 5.32 Å². The van der Waals surface area contributed by atoms with Crippen molar-refractivity contribution in [2.24, 2.45) is 0 Å². The van der Waals surface area contributed by atoms with Gasteiger partial charge in [0, 0.05) is 19.0 Å². The van der Waals surface area contributed by atoms with Crippen LogP contribution >= 0.6 is 0 Å². The fourth-order valence-corrected chi connectivity index (χ4v) is 2.97. The number of nitrogens with one attached hydrogen (secondary N) is 2. The second-order valence-electron chi connectivity index (χ2n) is 4.10. The molecule has 1 heterocycles. The lowest BCUT2D eigenvalue weighted by Gasteiger charge is -2.23. The second-order valence-corrected chi connectivity index (χ2v) is 6.03. The van der Waals surface area contributed by atoms with E-state index in [0.29, 0.717) is 25.4 Å². The quantitative estimate of drug-likeness (QED) is 0.527. The summed E-state index contributed by atoms with van der Waals surface area (Å²) in [5.41, 5.74) is 0. The maximum atomic E-state index is 11.5. The third-order valence-electron chi connectivity index (χ3n) is 2.74. The number of piperidine rings is 1. The Balaban J connectivity index is 2.21. The normalized spacial score (nSPS) is 21.6. The summed E-state index contributed by atoms with van der Waals surface area (Å²) in [5.74, 6) is 2.60.